The molecule has 0 radical (unpaired) electrons. The van der Waals surface area contributed by atoms with E-state index in [-0.39, 0.29) is 34.2 Å². The second-order valence-corrected chi connectivity index (χ2v) is 8.26. The summed E-state index contributed by atoms with van der Waals surface area (Å²) in [5.74, 6) is -0.326. The van der Waals surface area contributed by atoms with E-state index in [4.69, 9.17) is 10.00 Å². The van der Waals surface area contributed by atoms with Crippen LogP contribution in [0.1, 0.15) is 41.7 Å². The molecule has 0 spiro atoms. The van der Waals surface area contributed by atoms with Gasteiger partial charge < -0.3 is 9.47 Å². The Balaban J connectivity index is 1.57. The molecule has 1 aromatic heterocycles. The molecule has 1 aromatic carbocycles. The maximum atomic E-state index is 12.6. The van der Waals surface area contributed by atoms with Gasteiger partial charge in [0.25, 0.3) is 5.88 Å². The molecule has 2 aromatic rings. The van der Waals surface area contributed by atoms with Gasteiger partial charge in [0.15, 0.2) is 0 Å². The Morgan fingerprint density at radius 2 is 1.79 bits per heavy atom. The first-order valence-electron chi connectivity index (χ1n) is 9.01. The number of hydrogen-bond donors (Lipinski definition) is 1. The third-order valence-electron chi connectivity index (χ3n) is 4.63. The van der Waals surface area contributed by atoms with E-state index in [9.17, 15) is 13.2 Å². The molecule has 1 N–H and O–H groups in total. The predicted octanol–water partition coefficient (Wildman–Crippen LogP) is 1.80. The number of benzene rings is 1. The summed E-state index contributed by atoms with van der Waals surface area (Å²) in [4.78, 5) is 19.5. The van der Waals surface area contributed by atoms with Crippen molar-refractivity contribution in [2.75, 3.05) is 7.11 Å². The van der Waals surface area contributed by atoms with Gasteiger partial charge in [0, 0.05) is 18.4 Å². The highest BCUT2D eigenvalue weighted by Gasteiger charge is 2.27. The number of sulfonamides is 1. The zero-order valence-corrected chi connectivity index (χ0v) is 16.6. The van der Waals surface area contributed by atoms with Crippen molar-refractivity contribution < 1.29 is 22.7 Å². The first-order chi connectivity index (χ1) is 13.9. The molecule has 0 atom stereocenters. The van der Waals surface area contributed by atoms with Crippen LogP contribution in [-0.2, 0) is 14.8 Å². The maximum absolute atomic E-state index is 12.6. The van der Waals surface area contributed by atoms with E-state index >= 15 is 0 Å². The summed E-state index contributed by atoms with van der Waals surface area (Å²) >= 11 is 0. The lowest BCUT2D eigenvalue weighted by Crippen LogP contribution is -2.39. The van der Waals surface area contributed by atoms with Crippen molar-refractivity contribution in [3.63, 3.8) is 0 Å². The SMILES string of the molecule is COC(=O)c1ccc(S(=O)(=O)NC2CCC(Oc3nccnc3C#N)CC2)cc1. The van der Waals surface area contributed by atoms with Crippen molar-refractivity contribution in [1.29, 1.82) is 5.26 Å². The summed E-state index contributed by atoms with van der Waals surface area (Å²) in [6.07, 6.45) is 5.15. The average Bonchev–Trinajstić information content (AvgIpc) is 2.75. The minimum Gasteiger partial charge on any atom is -0.472 e. The molecular weight excluding hydrogens is 396 g/mol. The first-order valence-corrected chi connectivity index (χ1v) is 10.5. The molecule has 1 heterocycles. The lowest BCUT2D eigenvalue weighted by Gasteiger charge is -2.29. The lowest BCUT2D eigenvalue weighted by atomic mass is 9.94. The summed E-state index contributed by atoms with van der Waals surface area (Å²) < 4.78 is 38.3. The number of rotatable bonds is 6. The fraction of sp³-hybridized carbons (Fsp3) is 0.368. The summed E-state index contributed by atoms with van der Waals surface area (Å²) in [5, 5.41) is 9.05. The topological polar surface area (TPSA) is 131 Å². The van der Waals surface area contributed by atoms with Crippen LogP contribution in [-0.4, -0.2) is 43.6 Å². The fourth-order valence-electron chi connectivity index (χ4n) is 3.12. The van der Waals surface area contributed by atoms with Crippen molar-refractivity contribution >= 4 is 16.0 Å². The molecule has 3 rings (SSSR count). The van der Waals surface area contributed by atoms with Gasteiger partial charge in [-0.15, -0.1) is 0 Å². The minimum atomic E-state index is -3.70. The molecule has 1 aliphatic carbocycles. The zero-order valence-electron chi connectivity index (χ0n) is 15.7. The van der Waals surface area contributed by atoms with Crippen LogP contribution < -0.4 is 9.46 Å². The van der Waals surface area contributed by atoms with Crippen LogP contribution >= 0.6 is 0 Å². The van der Waals surface area contributed by atoms with E-state index in [0.29, 0.717) is 25.7 Å². The van der Waals surface area contributed by atoms with Gasteiger partial charge in [0.1, 0.15) is 12.2 Å². The van der Waals surface area contributed by atoms with Crippen molar-refractivity contribution in [2.24, 2.45) is 0 Å². The molecule has 29 heavy (non-hydrogen) atoms. The van der Waals surface area contributed by atoms with E-state index in [1.807, 2.05) is 6.07 Å². The largest absolute Gasteiger partial charge is 0.472 e. The van der Waals surface area contributed by atoms with Crippen molar-refractivity contribution in [3.8, 4) is 11.9 Å². The molecule has 1 saturated carbocycles. The van der Waals surface area contributed by atoms with E-state index in [0.717, 1.165) is 0 Å². The van der Waals surface area contributed by atoms with Crippen LogP contribution in [0.15, 0.2) is 41.6 Å². The average molecular weight is 416 g/mol. The van der Waals surface area contributed by atoms with Crippen LogP contribution in [0.2, 0.25) is 0 Å². The number of nitrogens with zero attached hydrogens (tertiary/aromatic N) is 3. The third-order valence-corrected chi connectivity index (χ3v) is 6.17. The molecule has 0 amide bonds. The normalized spacial score (nSPS) is 19.2. The summed E-state index contributed by atoms with van der Waals surface area (Å²) in [6.45, 7) is 0. The smallest absolute Gasteiger partial charge is 0.337 e. The monoisotopic (exact) mass is 416 g/mol. The van der Waals surface area contributed by atoms with E-state index in [1.54, 1.807) is 0 Å². The zero-order chi connectivity index (χ0) is 20.9. The summed E-state index contributed by atoms with van der Waals surface area (Å²) in [7, 11) is -2.44. The molecular formula is C19H20N4O5S. The quantitative estimate of drug-likeness (QED) is 0.705. The fourth-order valence-corrected chi connectivity index (χ4v) is 4.43. The van der Waals surface area contributed by atoms with Crippen LogP contribution in [0.25, 0.3) is 0 Å². The van der Waals surface area contributed by atoms with Gasteiger partial charge in [-0.2, -0.15) is 5.26 Å². The minimum absolute atomic E-state index is 0.0850. The van der Waals surface area contributed by atoms with Crippen LogP contribution in [0.4, 0.5) is 0 Å². The number of nitriles is 1. The molecule has 0 unspecified atom stereocenters. The molecule has 0 saturated heterocycles. The Morgan fingerprint density at radius 1 is 1.14 bits per heavy atom. The molecule has 10 heteroatoms. The van der Waals surface area contributed by atoms with Gasteiger partial charge in [-0.05, 0) is 49.9 Å². The highest BCUT2D eigenvalue weighted by atomic mass is 32.2. The Morgan fingerprint density at radius 3 is 2.41 bits per heavy atom. The van der Waals surface area contributed by atoms with Gasteiger partial charge in [0.2, 0.25) is 15.7 Å². The van der Waals surface area contributed by atoms with Crippen LogP contribution in [0.3, 0.4) is 0 Å². The number of carbonyl (C=O) groups excluding carboxylic acids is 1. The number of nitrogens with one attached hydrogen (secondary N) is 1. The van der Waals surface area contributed by atoms with E-state index < -0.39 is 16.0 Å². The van der Waals surface area contributed by atoms with Gasteiger partial charge >= 0.3 is 5.97 Å². The molecule has 1 fully saturated rings. The standard InChI is InChI=1S/C19H20N4O5S/c1-27-19(24)13-2-8-16(9-3-13)29(25,26)23-14-4-6-15(7-5-14)28-18-17(12-20)21-10-11-22-18/h2-3,8-11,14-15,23H,4-7H2,1H3. The lowest BCUT2D eigenvalue weighted by molar-refractivity contribution is 0.0600. The second-order valence-electron chi connectivity index (χ2n) is 6.55. The predicted molar refractivity (Wildman–Crippen MR) is 102 cm³/mol. The van der Waals surface area contributed by atoms with Crippen LogP contribution in [0, 0.1) is 11.3 Å². The Kier molecular flexibility index (Phi) is 6.41. The van der Waals surface area contributed by atoms with E-state index in [2.05, 4.69) is 19.4 Å². The highest BCUT2D eigenvalue weighted by Crippen LogP contribution is 2.25. The van der Waals surface area contributed by atoms with Gasteiger partial charge in [-0.1, -0.05) is 0 Å². The molecule has 1 aliphatic rings. The Bertz CT molecular complexity index is 1010. The van der Waals surface area contributed by atoms with Crippen molar-refractivity contribution in [1.82, 2.24) is 14.7 Å². The van der Waals surface area contributed by atoms with E-state index in [1.165, 1.54) is 43.8 Å². The summed E-state index contributed by atoms with van der Waals surface area (Å²) in [5.41, 5.74) is 0.413. The number of esters is 1. The Labute approximate surface area is 168 Å². The molecule has 9 nitrogen and oxygen atoms in total. The van der Waals surface area contributed by atoms with Crippen LogP contribution in [0.5, 0.6) is 5.88 Å². The maximum Gasteiger partial charge on any atom is 0.337 e. The third kappa shape index (κ3) is 5.07. The number of ether oxygens (including phenoxy) is 2. The summed E-state index contributed by atoms with van der Waals surface area (Å²) in [6, 6.07) is 7.30. The van der Waals surface area contributed by atoms with Gasteiger partial charge in [-0.3, -0.25) is 0 Å². The van der Waals surface area contributed by atoms with Gasteiger partial charge in [0.05, 0.1) is 17.6 Å². The van der Waals surface area contributed by atoms with Gasteiger partial charge in [-0.25, -0.2) is 27.9 Å². The number of methoxy groups -OCH3 is 1. The van der Waals surface area contributed by atoms with Crippen molar-refractivity contribution in [2.45, 2.75) is 42.7 Å². The number of carbonyl (C=O) groups is 1. The molecule has 152 valence electrons. The second kappa shape index (κ2) is 8.98. The molecule has 0 aliphatic heterocycles. The number of aromatic nitrogens is 2. The van der Waals surface area contributed by atoms with Crippen molar-refractivity contribution in [3.05, 3.63) is 47.9 Å². The highest BCUT2D eigenvalue weighted by molar-refractivity contribution is 7.89. The first kappa shape index (κ1) is 20.7. The Hall–Kier alpha value is -3.03. The number of hydrogen-bond acceptors (Lipinski definition) is 8. The molecule has 0 bridgehead atoms.